The third kappa shape index (κ3) is 5.19. The Morgan fingerprint density at radius 1 is 1.23 bits per heavy atom. The number of hydrogen-bond donors (Lipinski definition) is 0. The molecule has 202 valence electrons. The van der Waals surface area contributed by atoms with Crippen LogP contribution in [0.1, 0.15) is 29.0 Å². The monoisotopic (exact) mass is 591 g/mol. The topological polar surface area (TPSA) is 103 Å². The average molecular weight is 592 g/mol. The van der Waals surface area contributed by atoms with E-state index in [-0.39, 0.29) is 29.5 Å². The van der Waals surface area contributed by atoms with Crippen molar-refractivity contribution in [3.05, 3.63) is 106 Å². The summed E-state index contributed by atoms with van der Waals surface area (Å²) in [6.07, 6.45) is 1.69. The molecule has 2 aromatic heterocycles. The Kier molecular flexibility index (Phi) is 8.16. The minimum absolute atomic E-state index is 0.183. The highest BCUT2D eigenvalue weighted by Crippen LogP contribution is 2.38. The minimum atomic E-state index is -0.715. The molecule has 0 fully saturated rings. The third-order valence-corrected chi connectivity index (χ3v) is 8.21. The fourth-order valence-electron chi connectivity index (χ4n) is 4.38. The van der Waals surface area contributed by atoms with Crippen molar-refractivity contribution in [2.75, 3.05) is 20.3 Å². The van der Waals surface area contributed by atoms with Gasteiger partial charge in [-0.15, -0.1) is 11.3 Å². The second-order valence-electron chi connectivity index (χ2n) is 8.43. The molecule has 0 aliphatic carbocycles. The van der Waals surface area contributed by atoms with Gasteiger partial charge in [0.15, 0.2) is 22.9 Å². The fraction of sp³-hybridized carbons (Fsp3) is 0.172. The maximum Gasteiger partial charge on any atom is 0.338 e. The molecule has 0 amide bonds. The molecule has 40 heavy (non-hydrogen) atoms. The Labute approximate surface area is 242 Å². The fourth-order valence-corrected chi connectivity index (χ4v) is 6.47. The summed E-state index contributed by atoms with van der Waals surface area (Å²) in [5.41, 5.74) is 1.80. The van der Waals surface area contributed by atoms with E-state index in [0.717, 1.165) is 10.4 Å². The molecule has 4 aromatic rings. The summed E-state index contributed by atoms with van der Waals surface area (Å²) in [7, 11) is 1.46. The third-order valence-electron chi connectivity index (χ3n) is 6.02. The zero-order valence-electron chi connectivity index (χ0n) is 21.4. The van der Waals surface area contributed by atoms with Crippen molar-refractivity contribution in [1.29, 1.82) is 5.26 Å². The van der Waals surface area contributed by atoms with Gasteiger partial charge in [-0.3, -0.25) is 9.36 Å². The normalized spacial score (nSPS) is 14.8. The first-order chi connectivity index (χ1) is 19.5. The Hall–Kier alpha value is -4.17. The van der Waals surface area contributed by atoms with Crippen LogP contribution in [0.3, 0.4) is 0 Å². The lowest BCUT2D eigenvalue weighted by Crippen LogP contribution is -2.39. The van der Waals surface area contributed by atoms with Crippen molar-refractivity contribution in [3.63, 3.8) is 0 Å². The number of thiophene rings is 1. The van der Waals surface area contributed by atoms with Crippen LogP contribution in [0, 0.1) is 11.3 Å². The molecule has 0 spiro atoms. The first-order valence-electron chi connectivity index (χ1n) is 12.2. The summed E-state index contributed by atoms with van der Waals surface area (Å²) in [5, 5.41) is 11.0. The highest BCUT2D eigenvalue weighted by atomic mass is 35.5. The number of carbonyl (C=O) groups is 1. The smallest absolute Gasteiger partial charge is 0.338 e. The molecular weight excluding hydrogens is 570 g/mol. The number of benzene rings is 2. The molecule has 8 nitrogen and oxygen atoms in total. The number of nitrogens with zero attached hydrogens (tertiary/aromatic N) is 3. The molecule has 0 bridgehead atoms. The van der Waals surface area contributed by atoms with Crippen LogP contribution in [-0.4, -0.2) is 30.9 Å². The summed E-state index contributed by atoms with van der Waals surface area (Å²) in [6.45, 7) is 1.73. The molecular formula is C29H22ClN3O5S2. The summed E-state index contributed by atoms with van der Waals surface area (Å²) < 4.78 is 18.2. The van der Waals surface area contributed by atoms with Crippen molar-refractivity contribution < 1.29 is 19.0 Å². The van der Waals surface area contributed by atoms with Gasteiger partial charge in [-0.1, -0.05) is 59.3 Å². The van der Waals surface area contributed by atoms with Gasteiger partial charge in [-0.2, -0.15) is 5.26 Å². The molecule has 0 saturated heterocycles. The number of nitriles is 1. The second-order valence-corrected chi connectivity index (χ2v) is 10.8. The van der Waals surface area contributed by atoms with Crippen molar-refractivity contribution in [3.8, 4) is 17.6 Å². The lowest BCUT2D eigenvalue weighted by atomic mass is 9.97. The molecule has 0 unspecified atom stereocenters. The second kappa shape index (κ2) is 11.9. The largest absolute Gasteiger partial charge is 0.493 e. The van der Waals surface area contributed by atoms with Crippen LogP contribution in [-0.2, 0) is 9.53 Å². The van der Waals surface area contributed by atoms with E-state index in [1.807, 2.05) is 53.9 Å². The van der Waals surface area contributed by atoms with Crippen LogP contribution in [0.15, 0.2) is 75.3 Å². The molecule has 0 saturated carbocycles. The lowest BCUT2D eigenvalue weighted by Gasteiger charge is -2.24. The minimum Gasteiger partial charge on any atom is -0.493 e. The Bertz CT molecular complexity index is 1820. The van der Waals surface area contributed by atoms with Gasteiger partial charge >= 0.3 is 5.97 Å². The Balaban J connectivity index is 1.74. The van der Waals surface area contributed by atoms with Gasteiger partial charge in [-0.05, 0) is 42.1 Å². The summed E-state index contributed by atoms with van der Waals surface area (Å²) in [4.78, 5) is 33.4. The number of halogens is 1. The predicted molar refractivity (Wildman–Crippen MR) is 154 cm³/mol. The Morgan fingerprint density at radius 2 is 2.02 bits per heavy atom. The van der Waals surface area contributed by atoms with Gasteiger partial charge < -0.3 is 14.2 Å². The van der Waals surface area contributed by atoms with Gasteiger partial charge in [0.2, 0.25) is 0 Å². The number of hydrogen-bond acceptors (Lipinski definition) is 9. The van der Waals surface area contributed by atoms with E-state index < -0.39 is 12.0 Å². The number of carbonyl (C=O) groups excluding carboxylic acids is 1. The molecule has 0 N–H and O–H groups in total. The molecule has 1 atom stereocenters. The number of methoxy groups -OCH3 is 1. The van der Waals surface area contributed by atoms with Crippen LogP contribution >= 0.6 is 34.3 Å². The zero-order chi connectivity index (χ0) is 28.2. The first kappa shape index (κ1) is 27.4. The number of aromatic nitrogens is 1. The first-order valence-corrected chi connectivity index (χ1v) is 14.2. The van der Waals surface area contributed by atoms with Gasteiger partial charge in [0.1, 0.15) is 12.1 Å². The van der Waals surface area contributed by atoms with Gasteiger partial charge in [0, 0.05) is 10.4 Å². The van der Waals surface area contributed by atoms with E-state index in [1.165, 1.54) is 29.8 Å². The van der Waals surface area contributed by atoms with E-state index >= 15 is 0 Å². The summed E-state index contributed by atoms with van der Waals surface area (Å²) >= 11 is 9.08. The summed E-state index contributed by atoms with van der Waals surface area (Å²) in [5.74, 6) is 0.0464. The van der Waals surface area contributed by atoms with E-state index in [2.05, 4.69) is 0 Å². The van der Waals surface area contributed by atoms with Crippen molar-refractivity contribution in [2.24, 2.45) is 4.99 Å². The van der Waals surface area contributed by atoms with Crippen molar-refractivity contribution in [2.45, 2.75) is 13.0 Å². The van der Waals surface area contributed by atoms with E-state index in [9.17, 15) is 9.59 Å². The standard InChI is InChI=1S/C29H22ClN3O5S2/c1-3-37-28(35)23-24(18-8-5-4-6-9-18)32-29-33(25(23)21-10-7-13-39-21)27(34)22(40-29)16-17-14-19(30)26(38-12-11-31)20(15-17)36-2/h4-10,13-16,25H,3,12H2,1-2H3/b22-16-/t25-/m1/s1. The van der Waals surface area contributed by atoms with E-state index in [4.69, 9.17) is 36.1 Å². The number of thiazole rings is 1. The number of fused-ring (bicyclic) bond motifs is 1. The molecule has 5 rings (SSSR count). The number of rotatable bonds is 8. The maximum absolute atomic E-state index is 13.9. The Morgan fingerprint density at radius 3 is 2.70 bits per heavy atom. The van der Waals surface area contributed by atoms with Crippen molar-refractivity contribution >= 4 is 52.0 Å². The SMILES string of the molecule is CCOC(=O)C1=C(c2ccccc2)N=c2s/c(=C\c3cc(Cl)c(OCC#N)c(OC)c3)c(=O)n2[C@@H]1c1cccs1. The number of esters is 1. The van der Waals surface area contributed by atoms with Crippen LogP contribution < -0.4 is 24.4 Å². The van der Waals surface area contributed by atoms with Crippen LogP contribution in [0.4, 0.5) is 0 Å². The van der Waals surface area contributed by atoms with E-state index in [0.29, 0.717) is 31.9 Å². The average Bonchev–Trinajstić information content (AvgIpc) is 3.60. The van der Waals surface area contributed by atoms with Gasteiger partial charge in [0.25, 0.3) is 5.56 Å². The molecule has 0 radical (unpaired) electrons. The predicted octanol–water partition coefficient (Wildman–Crippen LogP) is 4.56. The highest BCUT2D eigenvalue weighted by molar-refractivity contribution is 7.10. The summed E-state index contributed by atoms with van der Waals surface area (Å²) in [6, 6.07) is 17.6. The molecule has 11 heteroatoms. The molecule has 1 aliphatic heterocycles. The van der Waals surface area contributed by atoms with Crippen LogP contribution in [0.25, 0.3) is 11.8 Å². The maximum atomic E-state index is 13.9. The number of ether oxygens (including phenoxy) is 3. The lowest BCUT2D eigenvalue weighted by molar-refractivity contribution is -0.138. The molecule has 2 aromatic carbocycles. The van der Waals surface area contributed by atoms with E-state index in [1.54, 1.807) is 29.7 Å². The van der Waals surface area contributed by atoms with Gasteiger partial charge in [0.05, 0.1) is 34.5 Å². The zero-order valence-corrected chi connectivity index (χ0v) is 23.8. The molecule has 1 aliphatic rings. The van der Waals surface area contributed by atoms with Crippen LogP contribution in [0.5, 0.6) is 11.5 Å². The quantitative estimate of drug-likeness (QED) is 0.278. The van der Waals surface area contributed by atoms with Crippen LogP contribution in [0.2, 0.25) is 5.02 Å². The van der Waals surface area contributed by atoms with Crippen molar-refractivity contribution in [1.82, 2.24) is 4.57 Å². The van der Waals surface area contributed by atoms with Gasteiger partial charge in [-0.25, -0.2) is 9.79 Å². The highest BCUT2D eigenvalue weighted by Gasteiger charge is 2.35. The molecule has 3 heterocycles.